The molecule has 0 unspecified atom stereocenters. The predicted molar refractivity (Wildman–Crippen MR) is 96.7 cm³/mol. The Hall–Kier alpha value is -1.44. The molecule has 2 aromatic rings. The van der Waals surface area contributed by atoms with Crippen molar-refractivity contribution in [3.05, 3.63) is 63.9 Å². The zero-order valence-corrected chi connectivity index (χ0v) is 16.1. The average Bonchev–Trinajstić information content (AvgIpc) is 2.52. The highest BCUT2D eigenvalue weighted by Gasteiger charge is 2.55. The van der Waals surface area contributed by atoms with Crippen LogP contribution in [0.3, 0.4) is 0 Å². The molecule has 0 radical (unpaired) electrons. The molecule has 1 atom stereocenters. The molecular formula is C19H20BrF3N2O. The maximum atomic E-state index is 12.6. The van der Waals surface area contributed by atoms with Crippen LogP contribution in [-0.4, -0.2) is 41.3 Å². The van der Waals surface area contributed by atoms with E-state index < -0.39 is 23.6 Å². The molecule has 1 aliphatic rings. The third-order valence-electron chi connectivity index (χ3n) is 5.01. The molecule has 1 N–H and O–H groups in total. The quantitative estimate of drug-likeness (QED) is 0.794. The summed E-state index contributed by atoms with van der Waals surface area (Å²) in [4.78, 5) is 6.26. The van der Waals surface area contributed by atoms with Gasteiger partial charge in [0.25, 0.3) is 0 Å². The van der Waals surface area contributed by atoms with Crippen LogP contribution >= 0.6 is 15.9 Å². The third-order valence-corrected chi connectivity index (χ3v) is 5.44. The van der Waals surface area contributed by atoms with E-state index in [9.17, 15) is 18.3 Å². The fourth-order valence-corrected chi connectivity index (χ4v) is 4.31. The molecular weight excluding hydrogens is 409 g/mol. The van der Waals surface area contributed by atoms with Crippen LogP contribution in [0.2, 0.25) is 0 Å². The van der Waals surface area contributed by atoms with Gasteiger partial charge in [0, 0.05) is 40.9 Å². The lowest BCUT2D eigenvalue weighted by atomic mass is 9.62. The van der Waals surface area contributed by atoms with E-state index in [-0.39, 0.29) is 5.56 Å². The number of rotatable bonds is 4. The molecule has 0 spiro atoms. The first kappa shape index (κ1) is 19.3. The first-order valence-electron chi connectivity index (χ1n) is 8.22. The number of alkyl halides is 3. The second-order valence-corrected chi connectivity index (χ2v) is 8.24. The van der Waals surface area contributed by atoms with Gasteiger partial charge in [-0.05, 0) is 40.2 Å². The molecule has 26 heavy (non-hydrogen) atoms. The van der Waals surface area contributed by atoms with Crippen LogP contribution in [0, 0.1) is 5.41 Å². The largest absolute Gasteiger partial charge is 0.393 e. The Morgan fingerprint density at radius 1 is 1.15 bits per heavy atom. The van der Waals surface area contributed by atoms with Crippen molar-refractivity contribution in [3.8, 4) is 0 Å². The van der Waals surface area contributed by atoms with Crippen molar-refractivity contribution in [1.29, 1.82) is 0 Å². The van der Waals surface area contributed by atoms with Crippen molar-refractivity contribution in [2.75, 3.05) is 20.1 Å². The smallest absolute Gasteiger partial charge is 0.380 e. The lowest BCUT2D eigenvalue weighted by Gasteiger charge is -2.55. The maximum absolute atomic E-state index is 12.6. The summed E-state index contributed by atoms with van der Waals surface area (Å²) in [5.74, 6) is 0. The van der Waals surface area contributed by atoms with E-state index in [1.165, 1.54) is 12.1 Å². The number of benzene rings is 1. The highest BCUT2D eigenvalue weighted by atomic mass is 79.9. The summed E-state index contributed by atoms with van der Waals surface area (Å²) in [6, 6.07) is 7.85. The van der Waals surface area contributed by atoms with Gasteiger partial charge in [-0.1, -0.05) is 31.2 Å². The van der Waals surface area contributed by atoms with E-state index in [1.54, 1.807) is 30.6 Å². The Kier molecular flexibility index (Phi) is 4.92. The molecule has 0 saturated carbocycles. The summed E-state index contributed by atoms with van der Waals surface area (Å²) in [5.41, 5.74) is -0.472. The minimum atomic E-state index is -4.26. The Labute approximate surface area is 159 Å². The predicted octanol–water partition coefficient (Wildman–Crippen LogP) is 4.14. The Balaban J connectivity index is 2.04. The Morgan fingerprint density at radius 2 is 1.77 bits per heavy atom. The van der Waals surface area contributed by atoms with Crippen LogP contribution in [0.1, 0.15) is 23.6 Å². The van der Waals surface area contributed by atoms with E-state index in [0.29, 0.717) is 24.2 Å². The number of aromatic nitrogens is 1. The first-order valence-corrected chi connectivity index (χ1v) is 9.01. The SMILES string of the molecule is CN1CC(C)([C@](O)(c2ccc(CC(F)(F)F)cc2)c2cncc(Br)c2)C1. The lowest BCUT2D eigenvalue weighted by Crippen LogP contribution is -2.63. The minimum absolute atomic E-state index is 0.173. The van der Waals surface area contributed by atoms with Crippen LogP contribution < -0.4 is 0 Å². The molecule has 1 saturated heterocycles. The van der Waals surface area contributed by atoms with Gasteiger partial charge in [-0.2, -0.15) is 13.2 Å². The molecule has 0 bridgehead atoms. The molecule has 1 aliphatic heterocycles. The second kappa shape index (κ2) is 6.62. The standard InChI is InChI=1S/C19H20BrF3N2O/c1-17(11-25(2)12-17)19(26,15-7-16(20)10-24-9-15)14-5-3-13(4-6-14)8-18(21,22)23/h3-7,9-10,26H,8,11-12H2,1-2H3/t19-/m0/s1. The van der Waals surface area contributed by atoms with Gasteiger partial charge < -0.3 is 10.0 Å². The molecule has 3 rings (SSSR count). The van der Waals surface area contributed by atoms with Crippen LogP contribution in [-0.2, 0) is 12.0 Å². The third kappa shape index (κ3) is 3.52. The van der Waals surface area contributed by atoms with Gasteiger partial charge in [-0.25, -0.2) is 0 Å². The highest BCUT2D eigenvalue weighted by Crippen LogP contribution is 2.50. The van der Waals surface area contributed by atoms with Crippen LogP contribution in [0.15, 0.2) is 47.2 Å². The number of halogens is 4. The zero-order chi connectivity index (χ0) is 19.2. The Bertz CT molecular complexity index is 788. The van der Waals surface area contributed by atoms with Crippen molar-refractivity contribution < 1.29 is 18.3 Å². The van der Waals surface area contributed by atoms with E-state index in [1.807, 2.05) is 14.0 Å². The molecule has 1 aromatic carbocycles. The molecule has 0 aliphatic carbocycles. The molecule has 3 nitrogen and oxygen atoms in total. The molecule has 7 heteroatoms. The van der Waals surface area contributed by atoms with Crippen molar-refractivity contribution in [3.63, 3.8) is 0 Å². The second-order valence-electron chi connectivity index (χ2n) is 7.32. The molecule has 140 valence electrons. The molecule has 1 fully saturated rings. The number of aliphatic hydroxyl groups is 1. The normalized spacial score (nSPS) is 19.7. The number of nitrogens with zero attached hydrogens (tertiary/aromatic N) is 2. The van der Waals surface area contributed by atoms with Crippen molar-refractivity contribution in [2.24, 2.45) is 5.41 Å². The van der Waals surface area contributed by atoms with Crippen molar-refractivity contribution >= 4 is 15.9 Å². The summed E-state index contributed by atoms with van der Waals surface area (Å²) in [6.07, 6.45) is -2.00. The number of pyridine rings is 1. The number of hydrogen-bond acceptors (Lipinski definition) is 3. The average molecular weight is 429 g/mol. The monoisotopic (exact) mass is 428 g/mol. The van der Waals surface area contributed by atoms with Gasteiger partial charge in [-0.3, -0.25) is 4.98 Å². The Morgan fingerprint density at radius 3 is 2.27 bits per heavy atom. The van der Waals surface area contributed by atoms with Gasteiger partial charge >= 0.3 is 6.18 Å². The minimum Gasteiger partial charge on any atom is -0.380 e. The fourth-order valence-electron chi connectivity index (χ4n) is 3.94. The van der Waals surface area contributed by atoms with Gasteiger partial charge in [-0.15, -0.1) is 0 Å². The summed E-state index contributed by atoms with van der Waals surface area (Å²) in [7, 11) is 1.97. The fraction of sp³-hybridized carbons (Fsp3) is 0.421. The van der Waals surface area contributed by atoms with E-state index in [4.69, 9.17) is 0 Å². The molecule has 0 amide bonds. The summed E-state index contributed by atoms with van der Waals surface area (Å²) < 4.78 is 38.6. The van der Waals surface area contributed by atoms with Crippen LogP contribution in [0.5, 0.6) is 0 Å². The van der Waals surface area contributed by atoms with Gasteiger partial charge in [0.05, 0.1) is 6.42 Å². The maximum Gasteiger partial charge on any atom is 0.393 e. The number of likely N-dealkylation sites (tertiary alicyclic amines) is 1. The molecule has 1 aromatic heterocycles. The van der Waals surface area contributed by atoms with Crippen molar-refractivity contribution in [1.82, 2.24) is 9.88 Å². The highest BCUT2D eigenvalue weighted by molar-refractivity contribution is 9.10. The van der Waals surface area contributed by atoms with Gasteiger partial charge in [0.1, 0.15) is 5.60 Å². The van der Waals surface area contributed by atoms with E-state index in [2.05, 4.69) is 25.8 Å². The summed E-state index contributed by atoms with van der Waals surface area (Å²) in [6.45, 7) is 3.32. The van der Waals surface area contributed by atoms with E-state index >= 15 is 0 Å². The van der Waals surface area contributed by atoms with Crippen LogP contribution in [0.4, 0.5) is 13.2 Å². The van der Waals surface area contributed by atoms with Crippen LogP contribution in [0.25, 0.3) is 0 Å². The summed E-state index contributed by atoms with van der Waals surface area (Å²) in [5, 5.41) is 11.8. The lowest BCUT2D eigenvalue weighted by molar-refractivity contribution is -0.128. The van der Waals surface area contributed by atoms with E-state index in [0.717, 1.165) is 4.47 Å². The summed E-state index contributed by atoms with van der Waals surface area (Å²) >= 11 is 3.38. The van der Waals surface area contributed by atoms with Gasteiger partial charge in [0.2, 0.25) is 0 Å². The van der Waals surface area contributed by atoms with Gasteiger partial charge in [0.15, 0.2) is 0 Å². The van der Waals surface area contributed by atoms with Crippen molar-refractivity contribution in [2.45, 2.75) is 25.1 Å². The topological polar surface area (TPSA) is 36.4 Å². The number of hydrogen-bond donors (Lipinski definition) is 1. The zero-order valence-electron chi connectivity index (χ0n) is 14.5. The first-order chi connectivity index (χ1) is 12.0. The molecule has 2 heterocycles.